The van der Waals surface area contributed by atoms with Gasteiger partial charge in [-0.1, -0.05) is 39.0 Å². The van der Waals surface area contributed by atoms with Crippen LogP contribution in [0.1, 0.15) is 45.4 Å². The smallest absolute Gasteiger partial charge is 0.283 e. The van der Waals surface area contributed by atoms with Crippen LogP contribution in [0, 0.1) is 0 Å². The second-order valence-electron chi connectivity index (χ2n) is 2.92. The van der Waals surface area contributed by atoms with Crippen molar-refractivity contribution in [1.29, 1.82) is 0 Å². The highest BCUT2D eigenvalue weighted by atomic mass is 16.1. The van der Waals surface area contributed by atoms with Crippen molar-refractivity contribution in [3.8, 4) is 0 Å². The molecule has 1 amide bonds. The standard InChI is InChI=1S/C9H19N2O/c1-2-3-4-5-6-7-8-10-11-9-12/h10H,2-8H2,1H3,(H,11,12). The number of nitrogens with one attached hydrogen (secondary N) is 2. The van der Waals surface area contributed by atoms with Gasteiger partial charge in [-0.05, 0) is 6.42 Å². The average Bonchev–Trinajstić information content (AvgIpc) is 2.10. The highest BCUT2D eigenvalue weighted by molar-refractivity contribution is 5.45. The summed E-state index contributed by atoms with van der Waals surface area (Å²) in [5.74, 6) is 0. The van der Waals surface area contributed by atoms with Gasteiger partial charge in [-0.25, -0.2) is 5.43 Å². The molecule has 0 aliphatic rings. The van der Waals surface area contributed by atoms with Gasteiger partial charge < -0.3 is 0 Å². The lowest BCUT2D eigenvalue weighted by atomic mass is 10.1. The Hall–Kier alpha value is -0.570. The summed E-state index contributed by atoms with van der Waals surface area (Å²) in [5.41, 5.74) is 5.05. The molecule has 0 unspecified atom stereocenters. The molecule has 3 heteroatoms. The van der Waals surface area contributed by atoms with Gasteiger partial charge >= 0.3 is 6.41 Å². The lowest BCUT2D eigenvalue weighted by Crippen LogP contribution is -2.30. The molecule has 0 heterocycles. The summed E-state index contributed by atoms with van der Waals surface area (Å²) in [4.78, 5) is 9.68. The van der Waals surface area contributed by atoms with Crippen molar-refractivity contribution in [3.63, 3.8) is 0 Å². The Balaban J connectivity index is 2.77. The highest BCUT2D eigenvalue weighted by Crippen LogP contribution is 2.03. The van der Waals surface area contributed by atoms with Gasteiger partial charge in [0, 0.05) is 6.54 Å². The van der Waals surface area contributed by atoms with Crippen LogP contribution in [0.2, 0.25) is 0 Å². The molecule has 0 aromatic heterocycles. The number of hydrazine groups is 1. The fraction of sp³-hybridized carbons (Fsp3) is 0.889. The van der Waals surface area contributed by atoms with E-state index in [0.717, 1.165) is 13.0 Å². The van der Waals surface area contributed by atoms with Crippen molar-refractivity contribution in [2.75, 3.05) is 6.54 Å². The van der Waals surface area contributed by atoms with Gasteiger partial charge in [-0.2, -0.15) is 0 Å². The summed E-state index contributed by atoms with van der Waals surface area (Å²) >= 11 is 0. The normalized spacial score (nSPS) is 9.75. The summed E-state index contributed by atoms with van der Waals surface area (Å²) in [6.07, 6.45) is 9.21. The number of carbonyl (C=O) groups excluding carboxylic acids is 1. The number of amides is 1. The number of unbranched alkanes of at least 4 members (excludes halogenated alkanes) is 5. The molecule has 71 valence electrons. The maximum Gasteiger partial charge on any atom is 0.324 e. The predicted octanol–water partition coefficient (Wildman–Crippen LogP) is 1.51. The fourth-order valence-electron chi connectivity index (χ4n) is 1.09. The van der Waals surface area contributed by atoms with E-state index >= 15 is 0 Å². The first kappa shape index (κ1) is 11.4. The molecule has 0 spiro atoms. The summed E-state index contributed by atoms with van der Waals surface area (Å²) in [6.45, 7) is 3.06. The maximum absolute atomic E-state index is 9.68. The van der Waals surface area contributed by atoms with Crippen LogP contribution in [0.5, 0.6) is 0 Å². The minimum atomic E-state index is 0.849. The van der Waals surface area contributed by atoms with E-state index in [9.17, 15) is 4.79 Å². The zero-order valence-electron chi connectivity index (χ0n) is 7.86. The Morgan fingerprint density at radius 3 is 2.42 bits per heavy atom. The van der Waals surface area contributed by atoms with Crippen LogP contribution in [0.3, 0.4) is 0 Å². The van der Waals surface area contributed by atoms with Crippen molar-refractivity contribution in [2.45, 2.75) is 45.4 Å². The zero-order valence-corrected chi connectivity index (χ0v) is 7.86. The lowest BCUT2D eigenvalue weighted by Gasteiger charge is -2.01. The summed E-state index contributed by atoms with van der Waals surface area (Å²) in [6, 6.07) is 0. The third-order valence-electron chi connectivity index (χ3n) is 1.79. The molecule has 2 N–H and O–H groups in total. The Bertz CT molecular complexity index is 96.5. The van der Waals surface area contributed by atoms with E-state index in [1.807, 2.05) is 0 Å². The van der Waals surface area contributed by atoms with Crippen LogP contribution in [-0.4, -0.2) is 13.0 Å². The second-order valence-corrected chi connectivity index (χ2v) is 2.92. The number of rotatable bonds is 9. The molecule has 0 rings (SSSR count). The van der Waals surface area contributed by atoms with Gasteiger partial charge in [-0.3, -0.25) is 10.2 Å². The predicted molar refractivity (Wildman–Crippen MR) is 50.2 cm³/mol. The molecule has 0 aliphatic carbocycles. The van der Waals surface area contributed by atoms with Crippen molar-refractivity contribution in [3.05, 3.63) is 0 Å². The van der Waals surface area contributed by atoms with Crippen LogP contribution in [0.4, 0.5) is 0 Å². The van der Waals surface area contributed by atoms with Gasteiger partial charge in [0.1, 0.15) is 0 Å². The third kappa shape index (κ3) is 9.43. The highest BCUT2D eigenvalue weighted by Gasteiger charge is 1.88. The fourth-order valence-corrected chi connectivity index (χ4v) is 1.09. The van der Waals surface area contributed by atoms with E-state index in [-0.39, 0.29) is 0 Å². The van der Waals surface area contributed by atoms with Crippen LogP contribution < -0.4 is 10.9 Å². The molecule has 12 heavy (non-hydrogen) atoms. The van der Waals surface area contributed by atoms with Gasteiger partial charge in [0.2, 0.25) is 0 Å². The maximum atomic E-state index is 9.68. The summed E-state index contributed by atoms with van der Waals surface area (Å²) < 4.78 is 0. The topological polar surface area (TPSA) is 41.1 Å². The van der Waals surface area contributed by atoms with E-state index in [4.69, 9.17) is 0 Å². The quantitative estimate of drug-likeness (QED) is 0.313. The monoisotopic (exact) mass is 171 g/mol. The Morgan fingerprint density at radius 2 is 1.75 bits per heavy atom. The Morgan fingerprint density at radius 1 is 1.08 bits per heavy atom. The van der Waals surface area contributed by atoms with Gasteiger partial charge in [0.25, 0.3) is 0 Å². The first-order chi connectivity index (χ1) is 5.91. The molecule has 0 fully saturated rings. The molecule has 1 radical (unpaired) electrons. The minimum absolute atomic E-state index is 0.849. The van der Waals surface area contributed by atoms with Crippen molar-refractivity contribution < 1.29 is 4.79 Å². The van der Waals surface area contributed by atoms with Crippen molar-refractivity contribution in [1.82, 2.24) is 10.9 Å². The third-order valence-corrected chi connectivity index (χ3v) is 1.79. The van der Waals surface area contributed by atoms with Crippen molar-refractivity contribution >= 4 is 6.41 Å². The largest absolute Gasteiger partial charge is 0.324 e. The molecule has 0 saturated heterocycles. The number of hydrogen-bond donors (Lipinski definition) is 2. The molecule has 0 bridgehead atoms. The lowest BCUT2D eigenvalue weighted by molar-refractivity contribution is 0.509. The van der Waals surface area contributed by atoms with E-state index in [0.29, 0.717) is 0 Å². The second kappa shape index (κ2) is 10.4. The summed E-state index contributed by atoms with van der Waals surface area (Å²) in [7, 11) is 0. The molecule has 0 aromatic carbocycles. The molecular formula is C9H19N2O. The van der Waals surface area contributed by atoms with Gasteiger partial charge in [-0.15, -0.1) is 0 Å². The van der Waals surface area contributed by atoms with E-state index < -0.39 is 0 Å². The first-order valence-corrected chi connectivity index (χ1v) is 4.76. The molecule has 0 saturated carbocycles. The van der Waals surface area contributed by atoms with Crippen molar-refractivity contribution in [2.24, 2.45) is 0 Å². The number of hydrogen-bond acceptors (Lipinski definition) is 2. The van der Waals surface area contributed by atoms with Gasteiger partial charge in [0.15, 0.2) is 0 Å². The molecule has 3 nitrogen and oxygen atoms in total. The zero-order chi connectivity index (χ0) is 9.07. The molecule has 0 aliphatic heterocycles. The van der Waals surface area contributed by atoms with Crippen LogP contribution >= 0.6 is 0 Å². The van der Waals surface area contributed by atoms with E-state index in [1.165, 1.54) is 32.1 Å². The molecule has 0 aromatic rings. The van der Waals surface area contributed by atoms with E-state index in [2.05, 4.69) is 17.8 Å². The molecule has 0 atom stereocenters. The molecular weight excluding hydrogens is 152 g/mol. The Labute approximate surface area is 74.9 Å². The van der Waals surface area contributed by atoms with Gasteiger partial charge in [0.05, 0.1) is 0 Å². The average molecular weight is 171 g/mol. The van der Waals surface area contributed by atoms with Crippen LogP contribution in [0.15, 0.2) is 0 Å². The minimum Gasteiger partial charge on any atom is -0.283 e. The first-order valence-electron chi connectivity index (χ1n) is 4.76. The SMILES string of the molecule is CCCCCCCCNN[C]=O. The van der Waals surface area contributed by atoms with E-state index in [1.54, 1.807) is 6.41 Å². The van der Waals surface area contributed by atoms with Crippen LogP contribution in [-0.2, 0) is 4.79 Å². The van der Waals surface area contributed by atoms with Crippen LogP contribution in [0.25, 0.3) is 0 Å². The summed E-state index contributed by atoms with van der Waals surface area (Å²) in [5, 5.41) is 0. The Kier molecular flexibility index (Phi) is 9.93.